The highest BCUT2D eigenvalue weighted by Gasteiger charge is 2.24. The number of aryl methyl sites for hydroxylation is 1. The fourth-order valence-corrected chi connectivity index (χ4v) is 4.05. The average molecular weight is 411 g/mol. The third kappa shape index (κ3) is 4.21. The standard InChI is InChI=1S/C23H30N4O3/c1-5-29-23(28)21-10-16-11-22(30-18-6-8-27(9-7-18)15(2)3)19(12-20(16)25-21)17-13-24-26(4)14-17/h10-15,18,25H,5-9H2,1-4H3. The summed E-state index contributed by atoms with van der Waals surface area (Å²) >= 11 is 0. The molecule has 0 bridgehead atoms. The van der Waals surface area contributed by atoms with Crippen LogP contribution in [0.4, 0.5) is 0 Å². The number of hydrogen-bond donors (Lipinski definition) is 1. The highest BCUT2D eigenvalue weighted by atomic mass is 16.5. The van der Waals surface area contributed by atoms with Crippen LogP contribution in [0.5, 0.6) is 5.75 Å². The third-order valence-electron chi connectivity index (χ3n) is 5.73. The topological polar surface area (TPSA) is 72.4 Å². The lowest BCUT2D eigenvalue weighted by Gasteiger charge is -2.34. The maximum Gasteiger partial charge on any atom is 0.354 e. The Hall–Kier alpha value is -2.80. The lowest BCUT2D eigenvalue weighted by atomic mass is 10.0. The van der Waals surface area contributed by atoms with Gasteiger partial charge in [-0.25, -0.2) is 4.79 Å². The van der Waals surface area contributed by atoms with Gasteiger partial charge in [0.15, 0.2) is 0 Å². The quantitative estimate of drug-likeness (QED) is 0.622. The van der Waals surface area contributed by atoms with Gasteiger partial charge in [-0.05, 0) is 51.8 Å². The molecule has 3 heterocycles. The van der Waals surface area contributed by atoms with Crippen molar-refractivity contribution in [2.45, 2.75) is 45.8 Å². The van der Waals surface area contributed by atoms with E-state index in [-0.39, 0.29) is 12.1 Å². The normalized spacial score (nSPS) is 15.8. The van der Waals surface area contributed by atoms with Crippen LogP contribution in [0.25, 0.3) is 22.0 Å². The van der Waals surface area contributed by atoms with E-state index in [1.165, 1.54) is 0 Å². The number of carbonyl (C=O) groups is 1. The summed E-state index contributed by atoms with van der Waals surface area (Å²) in [6, 6.07) is 6.45. The van der Waals surface area contributed by atoms with E-state index in [0.717, 1.165) is 53.7 Å². The molecule has 0 amide bonds. The van der Waals surface area contributed by atoms with Crippen molar-refractivity contribution in [1.82, 2.24) is 19.7 Å². The summed E-state index contributed by atoms with van der Waals surface area (Å²) < 4.78 is 13.4. The number of carbonyl (C=O) groups excluding carboxylic acids is 1. The van der Waals surface area contributed by atoms with Crippen molar-refractivity contribution < 1.29 is 14.3 Å². The molecule has 2 aromatic heterocycles. The number of aromatic nitrogens is 3. The van der Waals surface area contributed by atoms with Crippen LogP contribution in [-0.4, -0.2) is 57.5 Å². The second-order valence-corrected chi connectivity index (χ2v) is 8.19. The number of rotatable bonds is 6. The molecule has 1 fully saturated rings. The number of nitrogens with zero attached hydrogens (tertiary/aromatic N) is 3. The van der Waals surface area contributed by atoms with Crippen molar-refractivity contribution in [2.75, 3.05) is 19.7 Å². The molecule has 7 nitrogen and oxygen atoms in total. The lowest BCUT2D eigenvalue weighted by molar-refractivity contribution is 0.0520. The van der Waals surface area contributed by atoms with Crippen molar-refractivity contribution in [3.8, 4) is 16.9 Å². The summed E-state index contributed by atoms with van der Waals surface area (Å²) in [6.45, 7) is 8.72. The minimum absolute atomic E-state index is 0.177. The number of H-pyrrole nitrogens is 1. The molecule has 7 heteroatoms. The molecule has 4 rings (SSSR count). The number of nitrogens with one attached hydrogen (secondary N) is 1. The molecule has 1 aliphatic heterocycles. The van der Waals surface area contributed by atoms with E-state index in [9.17, 15) is 4.79 Å². The Kier molecular flexibility index (Phi) is 5.81. The molecule has 0 radical (unpaired) electrons. The molecule has 0 saturated carbocycles. The van der Waals surface area contributed by atoms with E-state index in [1.54, 1.807) is 11.6 Å². The molecule has 1 aromatic carbocycles. The Morgan fingerprint density at radius 2 is 2.03 bits per heavy atom. The van der Waals surface area contributed by atoms with Crippen molar-refractivity contribution in [3.05, 3.63) is 36.3 Å². The summed E-state index contributed by atoms with van der Waals surface area (Å²) in [5, 5.41) is 5.25. The van der Waals surface area contributed by atoms with Crippen LogP contribution in [0.1, 0.15) is 44.1 Å². The molecule has 0 aliphatic carbocycles. The second-order valence-electron chi connectivity index (χ2n) is 8.19. The minimum atomic E-state index is -0.347. The Balaban J connectivity index is 1.66. The highest BCUT2D eigenvalue weighted by molar-refractivity contribution is 5.97. The van der Waals surface area contributed by atoms with Gasteiger partial charge >= 0.3 is 5.97 Å². The first-order valence-electron chi connectivity index (χ1n) is 10.7. The maximum absolute atomic E-state index is 12.2. The largest absolute Gasteiger partial charge is 0.490 e. The Bertz CT molecular complexity index is 1030. The van der Waals surface area contributed by atoms with Gasteiger partial charge in [-0.3, -0.25) is 4.68 Å². The van der Waals surface area contributed by atoms with Gasteiger partial charge in [0.1, 0.15) is 17.5 Å². The molecular formula is C23H30N4O3. The van der Waals surface area contributed by atoms with Crippen molar-refractivity contribution in [2.24, 2.45) is 7.05 Å². The fraction of sp³-hybridized carbons (Fsp3) is 0.478. The van der Waals surface area contributed by atoms with Gasteiger partial charge in [0, 0.05) is 54.4 Å². The fourth-order valence-electron chi connectivity index (χ4n) is 4.05. The van der Waals surface area contributed by atoms with E-state index in [0.29, 0.717) is 18.3 Å². The van der Waals surface area contributed by atoms with E-state index in [1.807, 2.05) is 37.6 Å². The molecule has 0 spiro atoms. The number of benzene rings is 1. The van der Waals surface area contributed by atoms with Crippen LogP contribution < -0.4 is 4.74 Å². The number of aromatic amines is 1. The number of piperidine rings is 1. The Morgan fingerprint density at radius 1 is 1.27 bits per heavy atom. The molecule has 160 valence electrons. The predicted octanol–water partition coefficient (Wildman–Crippen LogP) is 4.00. The van der Waals surface area contributed by atoms with Crippen LogP contribution >= 0.6 is 0 Å². The van der Waals surface area contributed by atoms with Gasteiger partial charge in [0.2, 0.25) is 0 Å². The first-order valence-corrected chi connectivity index (χ1v) is 10.7. The van der Waals surface area contributed by atoms with Gasteiger partial charge in [-0.2, -0.15) is 5.10 Å². The lowest BCUT2D eigenvalue weighted by Crippen LogP contribution is -2.41. The third-order valence-corrected chi connectivity index (χ3v) is 5.73. The van der Waals surface area contributed by atoms with Crippen molar-refractivity contribution in [3.63, 3.8) is 0 Å². The van der Waals surface area contributed by atoms with Gasteiger partial charge in [0.05, 0.1) is 12.8 Å². The first kappa shape index (κ1) is 20.5. The van der Waals surface area contributed by atoms with Crippen molar-refractivity contribution >= 4 is 16.9 Å². The zero-order chi connectivity index (χ0) is 21.3. The Labute approximate surface area is 177 Å². The monoisotopic (exact) mass is 410 g/mol. The zero-order valence-corrected chi connectivity index (χ0v) is 18.1. The van der Waals surface area contributed by atoms with Crippen LogP contribution in [0.15, 0.2) is 30.6 Å². The van der Waals surface area contributed by atoms with Crippen LogP contribution in [0, 0.1) is 0 Å². The molecular weight excluding hydrogens is 380 g/mol. The average Bonchev–Trinajstić information content (AvgIpc) is 3.33. The van der Waals surface area contributed by atoms with Gasteiger partial charge < -0.3 is 19.4 Å². The van der Waals surface area contributed by atoms with Gasteiger partial charge in [-0.1, -0.05) is 0 Å². The SMILES string of the molecule is CCOC(=O)c1cc2cc(OC3CCN(C(C)C)CC3)c(-c3cnn(C)c3)cc2[nH]1. The summed E-state index contributed by atoms with van der Waals surface area (Å²) in [5.41, 5.74) is 3.28. The number of hydrogen-bond acceptors (Lipinski definition) is 5. The smallest absolute Gasteiger partial charge is 0.354 e. The van der Waals surface area contributed by atoms with Gasteiger partial charge in [-0.15, -0.1) is 0 Å². The highest BCUT2D eigenvalue weighted by Crippen LogP contribution is 2.36. The molecule has 0 atom stereocenters. The summed E-state index contributed by atoms with van der Waals surface area (Å²) in [7, 11) is 1.90. The number of esters is 1. The number of likely N-dealkylation sites (tertiary alicyclic amines) is 1. The molecule has 30 heavy (non-hydrogen) atoms. The predicted molar refractivity (Wildman–Crippen MR) is 117 cm³/mol. The van der Waals surface area contributed by atoms with E-state index in [4.69, 9.17) is 9.47 Å². The minimum Gasteiger partial charge on any atom is -0.490 e. The number of ether oxygens (including phenoxy) is 2. The maximum atomic E-state index is 12.2. The van der Waals surface area contributed by atoms with E-state index < -0.39 is 0 Å². The Morgan fingerprint density at radius 3 is 2.67 bits per heavy atom. The summed E-state index contributed by atoms with van der Waals surface area (Å²) in [4.78, 5) is 17.8. The molecule has 1 N–H and O–H groups in total. The molecule has 3 aromatic rings. The molecule has 1 aliphatic rings. The molecule has 1 saturated heterocycles. The zero-order valence-electron chi connectivity index (χ0n) is 18.1. The van der Waals surface area contributed by atoms with Crippen molar-refractivity contribution in [1.29, 1.82) is 0 Å². The first-order chi connectivity index (χ1) is 14.4. The molecule has 0 unspecified atom stereocenters. The van der Waals surface area contributed by atoms with E-state index >= 15 is 0 Å². The summed E-state index contributed by atoms with van der Waals surface area (Å²) in [5.74, 6) is 0.480. The summed E-state index contributed by atoms with van der Waals surface area (Å²) in [6.07, 6.45) is 6.00. The van der Waals surface area contributed by atoms with E-state index in [2.05, 4.69) is 28.8 Å². The van der Waals surface area contributed by atoms with Gasteiger partial charge in [0.25, 0.3) is 0 Å². The second kappa shape index (κ2) is 8.52. The van der Waals surface area contributed by atoms with Crippen LogP contribution in [0.2, 0.25) is 0 Å². The van der Waals surface area contributed by atoms with Crippen LogP contribution in [0.3, 0.4) is 0 Å². The number of fused-ring (bicyclic) bond motifs is 1. The van der Waals surface area contributed by atoms with Crippen LogP contribution in [-0.2, 0) is 11.8 Å².